The van der Waals surface area contributed by atoms with Gasteiger partial charge in [0, 0.05) is 65.4 Å². The molecule has 0 nitrogen and oxygen atoms in total. The second-order valence-corrected chi connectivity index (χ2v) is 6.71. The van der Waals surface area contributed by atoms with Gasteiger partial charge in [-0.25, -0.2) is 0 Å². The summed E-state index contributed by atoms with van der Waals surface area (Å²) in [5, 5.41) is 0. The van der Waals surface area contributed by atoms with Gasteiger partial charge < -0.3 is 11.8 Å². The standard InChI is InChI=1S/C14H18.2Y/c1-7-2-12-10-4-8-5-11(9(1)10)13(3-7)14(12)6-8;;/h9-14H,1-6H2;;/q-2;;. The van der Waals surface area contributed by atoms with Gasteiger partial charge in [0.25, 0.3) is 0 Å². The van der Waals surface area contributed by atoms with Crippen molar-refractivity contribution in [2.75, 3.05) is 0 Å². The van der Waals surface area contributed by atoms with E-state index in [9.17, 15) is 0 Å². The fraction of sp³-hybridized carbons (Fsp3) is 0.857. The van der Waals surface area contributed by atoms with E-state index in [0.717, 1.165) is 0 Å². The van der Waals surface area contributed by atoms with E-state index in [1.54, 1.807) is 38.5 Å². The van der Waals surface area contributed by atoms with Crippen LogP contribution >= 0.6 is 0 Å². The van der Waals surface area contributed by atoms with Crippen molar-refractivity contribution in [3.8, 4) is 0 Å². The van der Waals surface area contributed by atoms with Crippen molar-refractivity contribution in [2.24, 2.45) is 35.5 Å². The first-order valence-electron chi connectivity index (χ1n) is 6.57. The number of hydrogen-bond acceptors (Lipinski definition) is 0. The fourth-order valence-electron chi connectivity index (χ4n) is 6.22. The molecule has 0 spiro atoms. The van der Waals surface area contributed by atoms with Crippen LogP contribution in [0, 0.1) is 47.3 Å². The number of hydrogen-bond donors (Lipinski definition) is 0. The van der Waals surface area contributed by atoms with E-state index in [-0.39, 0.29) is 65.4 Å². The maximum absolute atomic E-state index is 1.99. The first-order valence-corrected chi connectivity index (χ1v) is 6.57. The summed E-state index contributed by atoms with van der Waals surface area (Å²) in [6.07, 6.45) is 9.35. The second kappa shape index (κ2) is 4.36. The third-order valence-electron chi connectivity index (χ3n) is 6.45. The zero-order chi connectivity index (χ0) is 8.86. The monoisotopic (exact) mass is 364 g/mol. The van der Waals surface area contributed by atoms with Crippen molar-refractivity contribution < 1.29 is 65.4 Å². The van der Waals surface area contributed by atoms with Gasteiger partial charge in [-0.15, -0.1) is 0 Å². The third kappa shape index (κ3) is 1.49. The van der Waals surface area contributed by atoms with Crippen LogP contribution in [0.5, 0.6) is 0 Å². The molecule has 16 heavy (non-hydrogen) atoms. The van der Waals surface area contributed by atoms with Crippen molar-refractivity contribution in [2.45, 2.75) is 38.5 Å². The van der Waals surface area contributed by atoms with Crippen LogP contribution in [-0.4, -0.2) is 0 Å². The average Bonchev–Trinajstić information content (AvgIpc) is 2.24. The fourth-order valence-corrected chi connectivity index (χ4v) is 6.22. The van der Waals surface area contributed by atoms with Crippen LogP contribution in [-0.2, 0) is 65.4 Å². The molecule has 7 aliphatic carbocycles. The molecule has 7 aliphatic rings. The van der Waals surface area contributed by atoms with Crippen molar-refractivity contribution >= 4 is 0 Å². The molecule has 0 aromatic carbocycles. The summed E-state index contributed by atoms with van der Waals surface area (Å²) in [7, 11) is 0. The predicted octanol–water partition coefficient (Wildman–Crippen LogP) is 3.24. The summed E-state index contributed by atoms with van der Waals surface area (Å²) < 4.78 is 0. The quantitative estimate of drug-likeness (QED) is 0.579. The van der Waals surface area contributed by atoms with Gasteiger partial charge in [0.15, 0.2) is 0 Å². The first-order chi connectivity index (χ1) is 6.90. The molecule has 0 heterocycles. The Bertz CT molecular complexity index is 214. The Labute approximate surface area is 149 Å². The second-order valence-electron chi connectivity index (χ2n) is 6.71. The molecule has 7 saturated carbocycles. The van der Waals surface area contributed by atoms with Crippen LogP contribution in [0.1, 0.15) is 38.5 Å². The van der Waals surface area contributed by atoms with Crippen LogP contribution in [0.25, 0.3) is 0 Å². The third-order valence-corrected chi connectivity index (χ3v) is 6.45. The smallest absolute Gasteiger partial charge is 0 e. The molecule has 0 N–H and O–H groups in total. The van der Waals surface area contributed by atoms with E-state index in [4.69, 9.17) is 0 Å². The summed E-state index contributed by atoms with van der Waals surface area (Å²) >= 11 is 0. The molecule has 7 fully saturated rings. The van der Waals surface area contributed by atoms with Gasteiger partial charge in [0.2, 0.25) is 0 Å². The largest absolute Gasteiger partial charge is 0.313 e. The van der Waals surface area contributed by atoms with Gasteiger partial charge in [0.05, 0.1) is 0 Å². The maximum Gasteiger partial charge on any atom is 0 e. The minimum Gasteiger partial charge on any atom is -0.313 e. The Hall–Kier alpha value is 2.21. The van der Waals surface area contributed by atoms with Gasteiger partial charge in [-0.05, 0) is 0 Å². The Morgan fingerprint density at radius 2 is 0.625 bits per heavy atom. The Morgan fingerprint density at radius 3 is 0.812 bits per heavy atom. The zero-order valence-electron chi connectivity index (χ0n) is 9.86. The van der Waals surface area contributed by atoms with Gasteiger partial charge in [-0.3, -0.25) is 0 Å². The molecule has 0 amide bonds. The molecule has 8 bridgehead atoms. The van der Waals surface area contributed by atoms with Crippen molar-refractivity contribution in [1.29, 1.82) is 0 Å². The predicted molar refractivity (Wildman–Crippen MR) is 55.1 cm³/mol. The van der Waals surface area contributed by atoms with E-state index >= 15 is 0 Å². The molecule has 0 aromatic heterocycles. The van der Waals surface area contributed by atoms with Crippen LogP contribution in [0.3, 0.4) is 0 Å². The van der Waals surface area contributed by atoms with Crippen LogP contribution < -0.4 is 0 Å². The van der Waals surface area contributed by atoms with Crippen LogP contribution in [0.15, 0.2) is 0 Å². The molecule has 0 aromatic rings. The summed E-state index contributed by atoms with van der Waals surface area (Å²) in [4.78, 5) is 0. The first kappa shape index (κ1) is 13.2. The minimum absolute atomic E-state index is 0. The van der Waals surface area contributed by atoms with Gasteiger partial charge in [0.1, 0.15) is 0 Å². The van der Waals surface area contributed by atoms with E-state index in [2.05, 4.69) is 0 Å². The molecule has 0 saturated heterocycles. The normalized spacial score (nSPS) is 56.2. The van der Waals surface area contributed by atoms with Gasteiger partial charge in [-0.1, -0.05) is 35.5 Å². The van der Waals surface area contributed by atoms with Crippen LogP contribution in [0.2, 0.25) is 0 Å². The SMILES string of the molecule is C1[C-]2CC3C4C[C-]5CC(C14)C(C2)C3C5.[Y].[Y]. The average molecular weight is 364 g/mol. The van der Waals surface area contributed by atoms with E-state index in [1.807, 2.05) is 11.8 Å². The molecular weight excluding hydrogens is 346 g/mol. The Balaban J connectivity index is 0.000000405. The molecule has 0 aliphatic heterocycles. The summed E-state index contributed by atoms with van der Waals surface area (Å²) in [6.45, 7) is 0. The van der Waals surface area contributed by atoms with E-state index < -0.39 is 0 Å². The molecular formula is C14H18Y2-2. The molecule has 82 valence electrons. The molecule has 2 heteroatoms. The number of rotatable bonds is 0. The maximum atomic E-state index is 1.99. The summed E-state index contributed by atoms with van der Waals surface area (Å²) in [5.74, 6) is 11.0. The minimum atomic E-state index is 0. The molecule has 2 radical (unpaired) electrons. The summed E-state index contributed by atoms with van der Waals surface area (Å²) in [5.41, 5.74) is 0. The summed E-state index contributed by atoms with van der Waals surface area (Å²) in [6, 6.07) is 0. The Kier molecular flexibility index (Phi) is 3.60. The topological polar surface area (TPSA) is 0 Å². The van der Waals surface area contributed by atoms with Gasteiger partial charge in [-0.2, -0.15) is 38.5 Å². The zero-order valence-corrected chi connectivity index (χ0v) is 15.5. The van der Waals surface area contributed by atoms with E-state index in [1.165, 1.54) is 35.5 Å². The van der Waals surface area contributed by atoms with Crippen LogP contribution in [0.4, 0.5) is 0 Å². The van der Waals surface area contributed by atoms with Crippen molar-refractivity contribution in [1.82, 2.24) is 0 Å². The molecule has 7 rings (SSSR count). The Morgan fingerprint density at radius 1 is 0.438 bits per heavy atom. The molecule has 0 unspecified atom stereocenters. The van der Waals surface area contributed by atoms with Gasteiger partial charge >= 0.3 is 0 Å². The van der Waals surface area contributed by atoms with Crippen molar-refractivity contribution in [3.63, 3.8) is 0 Å². The van der Waals surface area contributed by atoms with E-state index in [0.29, 0.717) is 0 Å². The van der Waals surface area contributed by atoms with Crippen molar-refractivity contribution in [3.05, 3.63) is 11.8 Å². The molecule has 0 atom stereocenters.